The first-order valence-corrected chi connectivity index (χ1v) is 8.08. The fourth-order valence-corrected chi connectivity index (χ4v) is 2.45. The standard InChI is InChI=1S/C18H30N2O/c1-5-15-8-10-16(11-9-15)17(13(2)3)20-18(21)14(4)7-6-12-19/h8-11,13-14,17H,5-7,12,19H2,1-4H3,(H,20,21). The van der Waals surface area contributed by atoms with Crippen molar-refractivity contribution in [3.63, 3.8) is 0 Å². The highest BCUT2D eigenvalue weighted by atomic mass is 16.1. The van der Waals surface area contributed by atoms with Crippen LogP contribution in [-0.4, -0.2) is 12.5 Å². The van der Waals surface area contributed by atoms with Crippen molar-refractivity contribution in [3.8, 4) is 0 Å². The van der Waals surface area contributed by atoms with E-state index < -0.39 is 0 Å². The lowest BCUT2D eigenvalue weighted by molar-refractivity contribution is -0.125. The summed E-state index contributed by atoms with van der Waals surface area (Å²) in [5, 5.41) is 3.20. The largest absolute Gasteiger partial charge is 0.349 e. The van der Waals surface area contributed by atoms with E-state index in [1.807, 2.05) is 6.92 Å². The van der Waals surface area contributed by atoms with E-state index in [1.165, 1.54) is 11.1 Å². The Morgan fingerprint density at radius 3 is 2.29 bits per heavy atom. The summed E-state index contributed by atoms with van der Waals surface area (Å²) in [6.07, 6.45) is 2.78. The van der Waals surface area contributed by atoms with Crippen LogP contribution in [0.3, 0.4) is 0 Å². The predicted octanol–water partition coefficient (Wildman–Crippen LogP) is 3.44. The lowest BCUT2D eigenvalue weighted by Gasteiger charge is -2.25. The zero-order valence-electron chi connectivity index (χ0n) is 13.9. The van der Waals surface area contributed by atoms with Crippen molar-refractivity contribution in [1.82, 2.24) is 5.32 Å². The average molecular weight is 290 g/mol. The Kier molecular flexibility index (Phi) is 7.44. The molecule has 0 fully saturated rings. The molecule has 1 aromatic carbocycles. The number of aryl methyl sites for hydroxylation is 1. The van der Waals surface area contributed by atoms with Crippen molar-refractivity contribution in [1.29, 1.82) is 0 Å². The zero-order chi connectivity index (χ0) is 15.8. The van der Waals surface area contributed by atoms with E-state index in [0.717, 1.165) is 19.3 Å². The molecule has 2 unspecified atom stereocenters. The number of hydrogen-bond donors (Lipinski definition) is 2. The second kappa shape index (κ2) is 8.83. The lowest BCUT2D eigenvalue weighted by atomic mass is 9.93. The Bertz CT molecular complexity index is 425. The summed E-state index contributed by atoms with van der Waals surface area (Å²) in [4.78, 5) is 12.3. The molecule has 0 heterocycles. The average Bonchev–Trinajstić information content (AvgIpc) is 2.49. The van der Waals surface area contributed by atoms with Gasteiger partial charge in [0.25, 0.3) is 0 Å². The molecule has 118 valence electrons. The maximum Gasteiger partial charge on any atom is 0.223 e. The molecule has 3 heteroatoms. The number of amides is 1. The predicted molar refractivity (Wildman–Crippen MR) is 89.0 cm³/mol. The van der Waals surface area contributed by atoms with E-state index in [2.05, 4.69) is 50.4 Å². The third-order valence-electron chi connectivity index (χ3n) is 4.00. The number of benzene rings is 1. The number of nitrogens with one attached hydrogen (secondary N) is 1. The van der Waals surface area contributed by atoms with Crippen molar-refractivity contribution in [2.45, 2.75) is 53.0 Å². The van der Waals surface area contributed by atoms with Crippen LogP contribution in [0.2, 0.25) is 0 Å². The van der Waals surface area contributed by atoms with Gasteiger partial charge in [0, 0.05) is 5.92 Å². The SMILES string of the molecule is CCc1ccc(C(NC(=O)C(C)CCCN)C(C)C)cc1. The molecule has 0 aromatic heterocycles. The molecule has 0 aliphatic heterocycles. The van der Waals surface area contributed by atoms with E-state index in [1.54, 1.807) is 0 Å². The summed E-state index contributed by atoms with van der Waals surface area (Å²) in [5.74, 6) is 0.509. The van der Waals surface area contributed by atoms with Gasteiger partial charge in [-0.25, -0.2) is 0 Å². The molecule has 0 spiro atoms. The van der Waals surface area contributed by atoms with Crippen molar-refractivity contribution in [3.05, 3.63) is 35.4 Å². The summed E-state index contributed by atoms with van der Waals surface area (Å²) in [7, 11) is 0. The molecule has 0 saturated carbocycles. The van der Waals surface area contributed by atoms with Gasteiger partial charge in [0.2, 0.25) is 5.91 Å². The van der Waals surface area contributed by atoms with E-state index in [9.17, 15) is 4.79 Å². The summed E-state index contributed by atoms with van der Waals surface area (Å²) in [6.45, 7) is 9.05. The summed E-state index contributed by atoms with van der Waals surface area (Å²) < 4.78 is 0. The first-order valence-electron chi connectivity index (χ1n) is 8.08. The van der Waals surface area contributed by atoms with E-state index >= 15 is 0 Å². The quantitative estimate of drug-likeness (QED) is 0.770. The number of carbonyl (C=O) groups is 1. The molecule has 3 nitrogen and oxygen atoms in total. The van der Waals surface area contributed by atoms with E-state index in [0.29, 0.717) is 12.5 Å². The molecule has 3 N–H and O–H groups in total. The van der Waals surface area contributed by atoms with Crippen LogP contribution < -0.4 is 11.1 Å². The Balaban J connectivity index is 2.75. The first-order chi connectivity index (χ1) is 9.99. The van der Waals surface area contributed by atoms with Crippen molar-refractivity contribution in [2.24, 2.45) is 17.6 Å². The maximum atomic E-state index is 12.3. The third kappa shape index (κ3) is 5.50. The van der Waals surface area contributed by atoms with Crippen molar-refractivity contribution in [2.75, 3.05) is 6.54 Å². The summed E-state index contributed by atoms with van der Waals surface area (Å²) >= 11 is 0. The topological polar surface area (TPSA) is 55.1 Å². The fraction of sp³-hybridized carbons (Fsp3) is 0.611. The molecular formula is C18H30N2O. The monoisotopic (exact) mass is 290 g/mol. The third-order valence-corrected chi connectivity index (χ3v) is 4.00. The molecule has 1 amide bonds. The van der Waals surface area contributed by atoms with Gasteiger partial charge >= 0.3 is 0 Å². The smallest absolute Gasteiger partial charge is 0.223 e. The molecule has 0 aliphatic carbocycles. The molecule has 0 bridgehead atoms. The molecular weight excluding hydrogens is 260 g/mol. The molecule has 0 saturated heterocycles. The Hall–Kier alpha value is -1.35. The van der Waals surface area contributed by atoms with Crippen LogP contribution in [0, 0.1) is 11.8 Å². The lowest BCUT2D eigenvalue weighted by Crippen LogP contribution is -2.35. The highest BCUT2D eigenvalue weighted by molar-refractivity contribution is 5.78. The van der Waals surface area contributed by atoms with Crippen LogP contribution in [0.4, 0.5) is 0 Å². The Morgan fingerprint density at radius 1 is 1.19 bits per heavy atom. The number of carbonyl (C=O) groups excluding carboxylic acids is 1. The molecule has 1 rings (SSSR count). The van der Waals surface area contributed by atoms with Crippen molar-refractivity contribution >= 4 is 5.91 Å². The number of hydrogen-bond acceptors (Lipinski definition) is 2. The number of rotatable bonds is 8. The van der Waals surface area contributed by atoms with Gasteiger partial charge in [0.1, 0.15) is 0 Å². The van der Waals surface area contributed by atoms with Gasteiger partial charge in [-0.1, -0.05) is 52.0 Å². The molecule has 1 aromatic rings. The van der Waals surface area contributed by atoms with Gasteiger partial charge in [-0.15, -0.1) is 0 Å². The zero-order valence-corrected chi connectivity index (χ0v) is 13.9. The van der Waals surface area contributed by atoms with Crippen LogP contribution in [0.5, 0.6) is 0 Å². The molecule has 0 radical (unpaired) electrons. The normalized spacial score (nSPS) is 14.0. The van der Waals surface area contributed by atoms with Crippen LogP contribution in [0.25, 0.3) is 0 Å². The van der Waals surface area contributed by atoms with Crippen LogP contribution in [0.15, 0.2) is 24.3 Å². The highest BCUT2D eigenvalue weighted by Gasteiger charge is 2.21. The highest BCUT2D eigenvalue weighted by Crippen LogP contribution is 2.23. The van der Waals surface area contributed by atoms with Gasteiger partial charge in [-0.2, -0.15) is 0 Å². The second-order valence-corrected chi connectivity index (χ2v) is 6.16. The molecule has 21 heavy (non-hydrogen) atoms. The van der Waals surface area contributed by atoms with Gasteiger partial charge < -0.3 is 11.1 Å². The Labute approximate surface area is 129 Å². The molecule has 2 atom stereocenters. The van der Waals surface area contributed by atoms with Crippen LogP contribution in [-0.2, 0) is 11.2 Å². The first kappa shape index (κ1) is 17.7. The van der Waals surface area contributed by atoms with Crippen LogP contribution >= 0.6 is 0 Å². The maximum absolute atomic E-state index is 12.3. The van der Waals surface area contributed by atoms with Gasteiger partial charge in [0.15, 0.2) is 0 Å². The van der Waals surface area contributed by atoms with Crippen molar-refractivity contribution < 1.29 is 4.79 Å². The fourth-order valence-electron chi connectivity index (χ4n) is 2.45. The number of nitrogens with two attached hydrogens (primary N) is 1. The summed E-state index contributed by atoms with van der Waals surface area (Å²) in [5.41, 5.74) is 8.02. The minimum absolute atomic E-state index is 0.0183. The van der Waals surface area contributed by atoms with Gasteiger partial charge in [-0.3, -0.25) is 4.79 Å². The second-order valence-electron chi connectivity index (χ2n) is 6.16. The Morgan fingerprint density at radius 2 is 1.81 bits per heavy atom. The summed E-state index contributed by atoms with van der Waals surface area (Å²) in [6, 6.07) is 8.63. The van der Waals surface area contributed by atoms with Gasteiger partial charge in [0.05, 0.1) is 6.04 Å². The van der Waals surface area contributed by atoms with E-state index in [4.69, 9.17) is 5.73 Å². The van der Waals surface area contributed by atoms with E-state index in [-0.39, 0.29) is 17.9 Å². The minimum Gasteiger partial charge on any atom is -0.349 e. The van der Waals surface area contributed by atoms with Gasteiger partial charge in [-0.05, 0) is 42.9 Å². The minimum atomic E-state index is 0.0183. The van der Waals surface area contributed by atoms with Crippen LogP contribution in [0.1, 0.15) is 57.7 Å². The molecule has 0 aliphatic rings.